The van der Waals surface area contributed by atoms with Gasteiger partial charge in [0.05, 0.1) is 11.6 Å². The predicted molar refractivity (Wildman–Crippen MR) is 69.3 cm³/mol. The first-order valence-corrected chi connectivity index (χ1v) is 6.92. The molecule has 0 atom stereocenters. The molecule has 0 aliphatic heterocycles. The molecule has 0 unspecified atom stereocenters. The van der Waals surface area contributed by atoms with Crippen molar-refractivity contribution in [3.8, 4) is 11.5 Å². The van der Waals surface area contributed by atoms with E-state index in [1.807, 2.05) is 0 Å². The molecule has 0 aromatic heterocycles. The van der Waals surface area contributed by atoms with Crippen LogP contribution in [0.25, 0.3) is 0 Å². The molecule has 0 fully saturated rings. The van der Waals surface area contributed by atoms with Crippen molar-refractivity contribution < 1.29 is 22.1 Å². The van der Waals surface area contributed by atoms with Crippen molar-refractivity contribution >= 4 is 32.5 Å². The number of halogens is 1. The lowest BCUT2D eigenvalue weighted by molar-refractivity contribution is 0.112. The molecule has 0 spiro atoms. The molecule has 0 saturated carbocycles. The first-order valence-electron chi connectivity index (χ1n) is 4.76. The molecule has 6 nitrogen and oxygen atoms in total. The van der Waals surface area contributed by atoms with Gasteiger partial charge in [-0.15, -0.1) is 0 Å². The topological polar surface area (TPSA) is 72.9 Å². The zero-order chi connectivity index (χ0) is 13.9. The quantitative estimate of drug-likeness (QED) is 0.760. The Hall–Kier alpha value is -1.12. The first-order chi connectivity index (χ1) is 8.31. The molecule has 18 heavy (non-hydrogen) atoms. The van der Waals surface area contributed by atoms with Gasteiger partial charge in [-0.25, -0.2) is 0 Å². The van der Waals surface area contributed by atoms with E-state index < -0.39 is 10.3 Å². The van der Waals surface area contributed by atoms with Gasteiger partial charge in [-0.2, -0.15) is 12.7 Å². The van der Waals surface area contributed by atoms with Gasteiger partial charge in [-0.1, -0.05) is 0 Å². The minimum atomic E-state index is -3.89. The van der Waals surface area contributed by atoms with Crippen LogP contribution in [-0.2, 0) is 10.3 Å². The van der Waals surface area contributed by atoms with Gasteiger partial charge in [0.1, 0.15) is 6.29 Å². The van der Waals surface area contributed by atoms with Gasteiger partial charge in [0.15, 0.2) is 11.5 Å². The molecule has 8 heteroatoms. The second kappa shape index (κ2) is 5.68. The van der Waals surface area contributed by atoms with Crippen LogP contribution in [-0.4, -0.2) is 40.2 Å². The highest BCUT2D eigenvalue weighted by atomic mass is 79.9. The van der Waals surface area contributed by atoms with Gasteiger partial charge >= 0.3 is 10.3 Å². The fraction of sp³-hybridized carbons (Fsp3) is 0.300. The standard InChI is InChI=1S/C10H12BrNO5S/c1-12(2)18(14,15)17-10-8(11)4-7(6-13)5-9(10)16-3/h4-6H,1-3H3. The summed E-state index contributed by atoms with van der Waals surface area (Å²) in [5, 5.41) is 0. The molecule has 0 N–H and O–H groups in total. The molecule has 100 valence electrons. The van der Waals surface area contributed by atoms with Crippen LogP contribution in [0.4, 0.5) is 0 Å². The molecule has 1 aromatic carbocycles. The van der Waals surface area contributed by atoms with Crippen LogP contribution in [0.1, 0.15) is 10.4 Å². The predicted octanol–water partition coefficient (Wildman–Crippen LogP) is 1.46. The van der Waals surface area contributed by atoms with Crippen LogP contribution < -0.4 is 8.92 Å². The van der Waals surface area contributed by atoms with E-state index in [0.29, 0.717) is 16.3 Å². The minimum absolute atomic E-state index is 0.00296. The van der Waals surface area contributed by atoms with E-state index >= 15 is 0 Å². The van der Waals surface area contributed by atoms with Crippen LogP contribution >= 0.6 is 15.9 Å². The van der Waals surface area contributed by atoms with Crippen LogP contribution in [0, 0.1) is 0 Å². The fourth-order valence-corrected chi connectivity index (χ4v) is 2.25. The molecule has 1 rings (SSSR count). The molecule has 0 aliphatic carbocycles. The third-order valence-electron chi connectivity index (χ3n) is 2.02. The summed E-state index contributed by atoms with van der Waals surface area (Å²) < 4.78 is 34.4. The van der Waals surface area contributed by atoms with E-state index in [1.54, 1.807) is 0 Å². The first kappa shape index (κ1) is 14.9. The van der Waals surface area contributed by atoms with E-state index in [1.165, 1.54) is 33.3 Å². The van der Waals surface area contributed by atoms with E-state index in [2.05, 4.69) is 15.9 Å². The maximum absolute atomic E-state index is 11.6. The van der Waals surface area contributed by atoms with Gasteiger partial charge in [0, 0.05) is 19.7 Å². The number of rotatable bonds is 5. The lowest BCUT2D eigenvalue weighted by Gasteiger charge is -2.15. The number of carbonyl (C=O) groups excluding carboxylic acids is 1. The van der Waals surface area contributed by atoms with Gasteiger partial charge in [0.25, 0.3) is 0 Å². The van der Waals surface area contributed by atoms with Gasteiger partial charge in [-0.05, 0) is 28.1 Å². The maximum Gasteiger partial charge on any atom is 0.384 e. The van der Waals surface area contributed by atoms with Crippen molar-refractivity contribution in [3.05, 3.63) is 22.2 Å². The van der Waals surface area contributed by atoms with E-state index in [-0.39, 0.29) is 11.5 Å². The summed E-state index contributed by atoms with van der Waals surface area (Å²) in [5.41, 5.74) is 0.341. The Bertz CT molecular complexity index is 556. The van der Waals surface area contributed by atoms with Crippen LogP contribution in [0.3, 0.4) is 0 Å². The minimum Gasteiger partial charge on any atom is -0.493 e. The summed E-state index contributed by atoms with van der Waals surface area (Å²) in [6.07, 6.45) is 0.623. The molecule has 0 bridgehead atoms. The second-order valence-corrected chi connectivity index (χ2v) is 6.08. The third kappa shape index (κ3) is 3.21. The number of benzene rings is 1. The summed E-state index contributed by atoms with van der Waals surface area (Å²) in [4.78, 5) is 10.7. The van der Waals surface area contributed by atoms with Crippen molar-refractivity contribution in [2.45, 2.75) is 0 Å². The van der Waals surface area contributed by atoms with Gasteiger partial charge < -0.3 is 8.92 Å². The number of nitrogens with zero attached hydrogens (tertiary/aromatic N) is 1. The highest BCUT2D eigenvalue weighted by Crippen LogP contribution is 2.37. The summed E-state index contributed by atoms with van der Waals surface area (Å²) >= 11 is 3.13. The molecule has 0 heterocycles. The number of methoxy groups -OCH3 is 1. The van der Waals surface area contributed by atoms with Gasteiger partial charge in [-0.3, -0.25) is 4.79 Å². The lowest BCUT2D eigenvalue weighted by Crippen LogP contribution is -2.27. The van der Waals surface area contributed by atoms with E-state index in [0.717, 1.165) is 4.31 Å². The maximum atomic E-state index is 11.6. The summed E-state index contributed by atoms with van der Waals surface area (Å²) in [6.45, 7) is 0. The van der Waals surface area contributed by atoms with Gasteiger partial charge in [0.2, 0.25) is 0 Å². The van der Waals surface area contributed by atoms with Crippen molar-refractivity contribution in [2.75, 3.05) is 21.2 Å². The summed E-state index contributed by atoms with van der Waals surface area (Å²) in [6, 6.07) is 2.83. The zero-order valence-electron chi connectivity index (χ0n) is 10.0. The Morgan fingerprint density at radius 1 is 1.33 bits per heavy atom. The average molecular weight is 338 g/mol. The Labute approximate surface area is 114 Å². The van der Waals surface area contributed by atoms with Crippen LogP contribution in [0.2, 0.25) is 0 Å². The summed E-state index contributed by atoms with van der Waals surface area (Å²) in [5.74, 6) is 0.147. The zero-order valence-corrected chi connectivity index (χ0v) is 12.4. The molecule has 0 radical (unpaired) electrons. The van der Waals surface area contributed by atoms with Crippen molar-refractivity contribution in [3.63, 3.8) is 0 Å². The van der Waals surface area contributed by atoms with Crippen molar-refractivity contribution in [1.29, 1.82) is 0 Å². The molecule has 0 saturated heterocycles. The van der Waals surface area contributed by atoms with Crippen LogP contribution in [0.15, 0.2) is 16.6 Å². The van der Waals surface area contributed by atoms with E-state index in [4.69, 9.17) is 8.92 Å². The van der Waals surface area contributed by atoms with E-state index in [9.17, 15) is 13.2 Å². The number of carbonyl (C=O) groups is 1. The Balaban J connectivity index is 3.29. The molecular weight excluding hydrogens is 326 g/mol. The number of aldehydes is 1. The Morgan fingerprint density at radius 3 is 2.39 bits per heavy atom. The van der Waals surface area contributed by atoms with Crippen molar-refractivity contribution in [2.24, 2.45) is 0 Å². The number of ether oxygens (including phenoxy) is 1. The SMILES string of the molecule is COc1cc(C=O)cc(Br)c1OS(=O)(=O)N(C)C. The lowest BCUT2D eigenvalue weighted by atomic mass is 10.2. The molecule has 0 amide bonds. The smallest absolute Gasteiger partial charge is 0.384 e. The third-order valence-corrected chi connectivity index (χ3v) is 3.88. The molecule has 1 aromatic rings. The summed E-state index contributed by atoms with van der Waals surface area (Å²) in [7, 11) is 0.147. The Kier molecular flexibility index (Phi) is 4.71. The number of hydrogen-bond donors (Lipinski definition) is 0. The normalized spacial score (nSPS) is 11.4. The second-order valence-electron chi connectivity index (χ2n) is 3.48. The largest absolute Gasteiger partial charge is 0.493 e. The average Bonchev–Trinajstić information content (AvgIpc) is 2.30. The van der Waals surface area contributed by atoms with Crippen LogP contribution in [0.5, 0.6) is 11.5 Å². The fourth-order valence-electron chi connectivity index (χ4n) is 1.07. The number of hydrogen-bond acceptors (Lipinski definition) is 5. The Morgan fingerprint density at radius 2 is 1.94 bits per heavy atom. The highest BCUT2D eigenvalue weighted by Gasteiger charge is 2.21. The monoisotopic (exact) mass is 337 g/mol. The molecular formula is C10H12BrNO5S. The molecule has 0 aliphatic rings. The highest BCUT2D eigenvalue weighted by molar-refractivity contribution is 9.10. The van der Waals surface area contributed by atoms with Crippen molar-refractivity contribution in [1.82, 2.24) is 4.31 Å².